The first kappa shape index (κ1) is 10.3. The van der Waals surface area contributed by atoms with Crippen LogP contribution in [0.3, 0.4) is 0 Å². The Morgan fingerprint density at radius 3 is 2.54 bits per heavy atom. The van der Waals surface area contributed by atoms with Gasteiger partial charge in [0.05, 0.1) is 0 Å². The summed E-state index contributed by atoms with van der Waals surface area (Å²) in [5.41, 5.74) is -0.473. The van der Waals surface area contributed by atoms with Crippen molar-refractivity contribution in [3.63, 3.8) is 0 Å². The van der Waals surface area contributed by atoms with Gasteiger partial charge in [-0.2, -0.15) is 0 Å². The smallest absolute Gasteiger partial charge is 0.405 e. The largest absolute Gasteiger partial charge is 0.465 e. The number of carboxylic acid groups (broad SMARTS) is 1. The first-order valence-electron chi connectivity index (χ1n) is 4.38. The van der Waals surface area contributed by atoms with E-state index in [1.54, 1.807) is 0 Å². The molecule has 0 aromatic heterocycles. The lowest BCUT2D eigenvalue weighted by atomic mass is 9.87. The van der Waals surface area contributed by atoms with Crippen molar-refractivity contribution >= 4 is 6.09 Å². The maximum atomic E-state index is 10.5. The number of nitrogens with one attached hydrogen (secondary N) is 1. The topological polar surface area (TPSA) is 78.8 Å². The van der Waals surface area contributed by atoms with Gasteiger partial charge >= 0.3 is 6.09 Å². The number of ether oxygens (including phenoxy) is 1. The van der Waals surface area contributed by atoms with E-state index in [0.717, 1.165) is 0 Å². The third-order valence-electron chi connectivity index (χ3n) is 2.41. The van der Waals surface area contributed by atoms with Crippen molar-refractivity contribution in [2.24, 2.45) is 0 Å². The summed E-state index contributed by atoms with van der Waals surface area (Å²) in [5.74, 6) is 0. The van der Waals surface area contributed by atoms with Gasteiger partial charge in [0.25, 0.3) is 0 Å². The number of aliphatic hydroxyl groups is 1. The highest BCUT2D eigenvalue weighted by molar-refractivity contribution is 5.65. The van der Waals surface area contributed by atoms with E-state index in [1.807, 2.05) is 0 Å². The third-order valence-corrected chi connectivity index (χ3v) is 2.41. The summed E-state index contributed by atoms with van der Waals surface area (Å²) >= 11 is 0. The second kappa shape index (κ2) is 4.43. The molecule has 5 nitrogen and oxygen atoms in total. The maximum absolute atomic E-state index is 10.5. The van der Waals surface area contributed by atoms with Crippen molar-refractivity contribution < 1.29 is 19.7 Å². The summed E-state index contributed by atoms with van der Waals surface area (Å²) in [6.07, 6.45) is 0.706. The minimum atomic E-state index is -1.03. The van der Waals surface area contributed by atoms with E-state index in [1.165, 1.54) is 0 Å². The summed E-state index contributed by atoms with van der Waals surface area (Å²) in [6, 6.07) is 0. The van der Waals surface area contributed by atoms with Gasteiger partial charge in [0.1, 0.15) is 0 Å². The number of hydrogen-bond acceptors (Lipinski definition) is 3. The van der Waals surface area contributed by atoms with Gasteiger partial charge in [0.2, 0.25) is 0 Å². The average Bonchev–Trinajstić information content (AvgIpc) is 2.04. The normalized spacial score (nSPS) is 21.0. The van der Waals surface area contributed by atoms with Crippen molar-refractivity contribution in [2.45, 2.75) is 24.8 Å². The highest BCUT2D eigenvalue weighted by Gasteiger charge is 2.33. The Morgan fingerprint density at radius 2 is 2.08 bits per heavy atom. The van der Waals surface area contributed by atoms with Crippen LogP contribution in [-0.2, 0) is 4.74 Å². The number of amides is 1. The van der Waals surface area contributed by atoms with Crippen LogP contribution in [0.25, 0.3) is 0 Å². The summed E-state index contributed by atoms with van der Waals surface area (Å²) in [6.45, 7) is 1.11. The quantitative estimate of drug-likeness (QED) is 0.592. The predicted molar refractivity (Wildman–Crippen MR) is 45.6 cm³/mol. The summed E-state index contributed by atoms with van der Waals surface area (Å²) in [5, 5.41) is 19.9. The maximum Gasteiger partial charge on any atom is 0.405 e. The summed E-state index contributed by atoms with van der Waals surface area (Å²) in [7, 11) is 0. The molecule has 13 heavy (non-hydrogen) atoms. The Hall–Kier alpha value is -0.810. The van der Waals surface area contributed by atoms with Crippen molar-refractivity contribution in [1.82, 2.24) is 5.32 Å². The van der Waals surface area contributed by atoms with Gasteiger partial charge in [0, 0.05) is 25.4 Å². The zero-order valence-electron chi connectivity index (χ0n) is 7.45. The lowest BCUT2D eigenvalue weighted by molar-refractivity contribution is 0.0288. The molecule has 5 heteroatoms. The van der Waals surface area contributed by atoms with Gasteiger partial charge in [0.15, 0.2) is 0 Å². The van der Waals surface area contributed by atoms with E-state index in [4.69, 9.17) is 14.9 Å². The first-order chi connectivity index (χ1) is 6.18. The zero-order valence-corrected chi connectivity index (χ0v) is 7.45. The highest BCUT2D eigenvalue weighted by Crippen LogP contribution is 2.23. The molecular formula is C8H15NO4. The predicted octanol–water partition coefficient (Wildman–Crippen LogP) is 0.186. The fourth-order valence-electron chi connectivity index (χ4n) is 1.64. The Balaban J connectivity index is 2.55. The van der Waals surface area contributed by atoms with Crippen molar-refractivity contribution in [3.05, 3.63) is 0 Å². The molecule has 1 aliphatic heterocycles. The molecule has 3 N–H and O–H groups in total. The van der Waals surface area contributed by atoms with Gasteiger partial charge < -0.3 is 20.3 Å². The van der Waals surface area contributed by atoms with Gasteiger partial charge in [-0.05, 0) is 19.3 Å². The number of carbonyl (C=O) groups is 1. The van der Waals surface area contributed by atoms with E-state index in [0.29, 0.717) is 32.5 Å². The van der Waals surface area contributed by atoms with Crippen LogP contribution in [-0.4, -0.2) is 41.7 Å². The van der Waals surface area contributed by atoms with E-state index in [9.17, 15) is 4.79 Å². The molecular weight excluding hydrogens is 174 g/mol. The Kier molecular flexibility index (Phi) is 3.50. The Morgan fingerprint density at radius 1 is 1.46 bits per heavy atom. The third kappa shape index (κ3) is 2.86. The molecule has 1 saturated heterocycles. The van der Waals surface area contributed by atoms with Crippen molar-refractivity contribution in [1.29, 1.82) is 0 Å². The van der Waals surface area contributed by atoms with Crippen LogP contribution in [0.15, 0.2) is 0 Å². The van der Waals surface area contributed by atoms with Gasteiger partial charge in [-0.3, -0.25) is 0 Å². The molecule has 0 bridgehead atoms. The molecule has 0 saturated carbocycles. The molecule has 0 aliphatic carbocycles. The van der Waals surface area contributed by atoms with Gasteiger partial charge in [-0.1, -0.05) is 0 Å². The first-order valence-corrected chi connectivity index (χ1v) is 4.38. The van der Waals surface area contributed by atoms with Crippen LogP contribution in [0, 0.1) is 0 Å². The van der Waals surface area contributed by atoms with E-state index in [2.05, 4.69) is 5.32 Å². The monoisotopic (exact) mass is 189 g/mol. The van der Waals surface area contributed by atoms with E-state index < -0.39 is 11.6 Å². The molecule has 0 atom stereocenters. The van der Waals surface area contributed by atoms with Crippen LogP contribution < -0.4 is 5.32 Å². The molecule has 1 amide bonds. The molecule has 1 aliphatic rings. The zero-order chi connectivity index (χ0) is 9.73. The lowest BCUT2D eigenvalue weighted by Crippen LogP contribution is -2.52. The Labute approximate surface area is 76.7 Å². The SMILES string of the molecule is O=C(O)NC1(CCO)CCOCC1. The Bertz CT molecular complexity index is 171. The molecule has 0 unspecified atom stereocenters. The van der Waals surface area contributed by atoms with E-state index >= 15 is 0 Å². The van der Waals surface area contributed by atoms with E-state index in [-0.39, 0.29) is 6.61 Å². The van der Waals surface area contributed by atoms with Crippen LogP contribution in [0.1, 0.15) is 19.3 Å². The van der Waals surface area contributed by atoms with Crippen molar-refractivity contribution in [2.75, 3.05) is 19.8 Å². The number of aliphatic hydroxyl groups excluding tert-OH is 1. The average molecular weight is 189 g/mol. The lowest BCUT2D eigenvalue weighted by Gasteiger charge is -2.36. The highest BCUT2D eigenvalue weighted by atomic mass is 16.5. The molecule has 0 spiro atoms. The molecule has 0 aromatic rings. The standard InChI is InChI=1S/C8H15NO4/c10-4-1-8(9-7(11)12)2-5-13-6-3-8/h9-10H,1-6H2,(H,11,12). The fourth-order valence-corrected chi connectivity index (χ4v) is 1.64. The van der Waals surface area contributed by atoms with Crippen LogP contribution >= 0.6 is 0 Å². The van der Waals surface area contributed by atoms with Crippen LogP contribution in [0.4, 0.5) is 4.79 Å². The molecule has 1 heterocycles. The minimum absolute atomic E-state index is 0.000278. The molecule has 1 fully saturated rings. The fraction of sp³-hybridized carbons (Fsp3) is 0.875. The molecule has 0 radical (unpaired) electrons. The molecule has 76 valence electrons. The van der Waals surface area contributed by atoms with Crippen LogP contribution in [0.2, 0.25) is 0 Å². The van der Waals surface area contributed by atoms with Gasteiger partial charge in [-0.15, -0.1) is 0 Å². The molecule has 0 aromatic carbocycles. The minimum Gasteiger partial charge on any atom is -0.465 e. The summed E-state index contributed by atoms with van der Waals surface area (Å²) < 4.78 is 5.14. The number of rotatable bonds is 3. The second-order valence-electron chi connectivity index (χ2n) is 3.30. The number of hydrogen-bond donors (Lipinski definition) is 3. The molecule has 1 rings (SSSR count). The van der Waals surface area contributed by atoms with Crippen molar-refractivity contribution in [3.8, 4) is 0 Å². The van der Waals surface area contributed by atoms with Gasteiger partial charge in [-0.25, -0.2) is 4.79 Å². The van der Waals surface area contributed by atoms with Crippen LogP contribution in [0.5, 0.6) is 0 Å². The second-order valence-corrected chi connectivity index (χ2v) is 3.30. The summed E-state index contributed by atoms with van der Waals surface area (Å²) in [4.78, 5) is 10.5.